The van der Waals surface area contributed by atoms with Crippen molar-refractivity contribution in [3.63, 3.8) is 0 Å². The van der Waals surface area contributed by atoms with E-state index < -0.39 is 22.0 Å². The number of nitrogens with one attached hydrogen (secondary N) is 2. The summed E-state index contributed by atoms with van der Waals surface area (Å²) in [6.45, 7) is 5.12. The van der Waals surface area contributed by atoms with Gasteiger partial charge in [0.15, 0.2) is 17.3 Å². The average molecular weight is 500 g/mol. The highest BCUT2D eigenvalue weighted by atomic mass is 32.2. The van der Waals surface area contributed by atoms with Crippen LogP contribution in [-0.2, 0) is 27.8 Å². The SMILES string of the molecule is CC(C)C(NS(=O)(=O)c1ccc2c(c1)OCCCO2)C(=O)Nc1ccn(CCc2ccncc2)n1. The van der Waals surface area contributed by atoms with Gasteiger partial charge in [-0.15, -0.1) is 0 Å². The zero-order valence-electron chi connectivity index (χ0n) is 19.7. The predicted octanol–water partition coefficient (Wildman–Crippen LogP) is 2.62. The molecule has 0 fully saturated rings. The summed E-state index contributed by atoms with van der Waals surface area (Å²) in [4.78, 5) is 17.0. The van der Waals surface area contributed by atoms with Crippen LogP contribution in [0.5, 0.6) is 11.5 Å². The van der Waals surface area contributed by atoms with Crippen molar-refractivity contribution in [2.45, 2.75) is 44.2 Å². The van der Waals surface area contributed by atoms with Crippen molar-refractivity contribution < 1.29 is 22.7 Å². The van der Waals surface area contributed by atoms with Crippen LogP contribution in [0.15, 0.2) is 59.9 Å². The second-order valence-corrected chi connectivity index (χ2v) is 10.3. The van der Waals surface area contributed by atoms with Gasteiger partial charge in [0.2, 0.25) is 15.9 Å². The summed E-state index contributed by atoms with van der Waals surface area (Å²) in [5.74, 6) is 0.425. The molecule has 1 aliphatic rings. The first kappa shape index (κ1) is 24.7. The largest absolute Gasteiger partial charge is 0.490 e. The molecule has 35 heavy (non-hydrogen) atoms. The smallest absolute Gasteiger partial charge is 0.244 e. The molecule has 0 bridgehead atoms. The first-order chi connectivity index (χ1) is 16.8. The van der Waals surface area contributed by atoms with Gasteiger partial charge in [0.25, 0.3) is 0 Å². The molecule has 10 nitrogen and oxygen atoms in total. The number of hydrogen-bond donors (Lipinski definition) is 2. The number of aromatic nitrogens is 3. The molecule has 0 saturated heterocycles. The van der Waals surface area contributed by atoms with Gasteiger partial charge in [-0.05, 0) is 42.2 Å². The summed E-state index contributed by atoms with van der Waals surface area (Å²) in [7, 11) is -4.00. The number of carbonyl (C=O) groups excluding carboxylic acids is 1. The van der Waals surface area contributed by atoms with Crippen LogP contribution in [0.2, 0.25) is 0 Å². The molecule has 11 heteroatoms. The molecule has 0 spiro atoms. The van der Waals surface area contributed by atoms with Crippen LogP contribution < -0.4 is 19.5 Å². The van der Waals surface area contributed by atoms with Gasteiger partial charge in [-0.2, -0.15) is 9.82 Å². The monoisotopic (exact) mass is 499 g/mol. The fourth-order valence-corrected chi connectivity index (χ4v) is 4.95. The Kier molecular flexibility index (Phi) is 7.67. The summed E-state index contributed by atoms with van der Waals surface area (Å²) < 4.78 is 41.6. The molecule has 1 unspecified atom stereocenters. The molecule has 0 radical (unpaired) electrons. The van der Waals surface area contributed by atoms with Gasteiger partial charge in [0.1, 0.15) is 6.04 Å². The molecular formula is C24H29N5O5S. The highest BCUT2D eigenvalue weighted by Crippen LogP contribution is 2.32. The molecule has 3 aromatic rings. The highest BCUT2D eigenvalue weighted by molar-refractivity contribution is 7.89. The fourth-order valence-electron chi connectivity index (χ4n) is 3.59. The standard InChI is InChI=1S/C24H29N5O5S/c1-17(2)23(28-35(31,32)19-4-5-20-21(16-19)34-15-3-14-33-20)24(30)26-22-9-13-29(27-22)12-8-18-6-10-25-11-7-18/h4-7,9-11,13,16-17,23,28H,3,8,12,14-15H2,1-2H3,(H,26,27,30). The number of ether oxygens (including phenoxy) is 2. The number of fused-ring (bicyclic) bond motifs is 1. The zero-order valence-corrected chi connectivity index (χ0v) is 20.5. The van der Waals surface area contributed by atoms with Gasteiger partial charge in [-0.1, -0.05) is 13.8 Å². The highest BCUT2D eigenvalue weighted by Gasteiger charge is 2.29. The molecule has 186 valence electrons. The van der Waals surface area contributed by atoms with E-state index >= 15 is 0 Å². The molecule has 1 aromatic carbocycles. The second-order valence-electron chi connectivity index (χ2n) is 8.56. The fraction of sp³-hybridized carbons (Fsp3) is 0.375. The summed E-state index contributed by atoms with van der Waals surface area (Å²) >= 11 is 0. The third-order valence-corrected chi connectivity index (χ3v) is 6.97. The summed E-state index contributed by atoms with van der Waals surface area (Å²) in [5.41, 5.74) is 1.13. The van der Waals surface area contributed by atoms with Crippen LogP contribution >= 0.6 is 0 Å². The number of benzene rings is 1. The average Bonchev–Trinajstić information content (AvgIpc) is 3.15. The minimum Gasteiger partial charge on any atom is -0.490 e. The molecule has 4 rings (SSSR count). The number of pyridine rings is 1. The second kappa shape index (κ2) is 10.9. The lowest BCUT2D eigenvalue weighted by molar-refractivity contribution is -0.118. The van der Waals surface area contributed by atoms with Crippen LogP contribution in [0.25, 0.3) is 0 Å². The van der Waals surface area contributed by atoms with Gasteiger partial charge in [0, 0.05) is 43.7 Å². The minimum absolute atomic E-state index is 0.000546. The molecule has 1 aliphatic heterocycles. The van der Waals surface area contributed by atoms with E-state index in [1.165, 1.54) is 12.1 Å². The Bertz CT molecular complexity index is 1260. The van der Waals surface area contributed by atoms with E-state index in [-0.39, 0.29) is 10.8 Å². The molecule has 3 heterocycles. The number of nitrogens with zero attached hydrogens (tertiary/aromatic N) is 3. The number of amides is 1. The number of rotatable bonds is 9. The quantitative estimate of drug-likeness (QED) is 0.464. The van der Waals surface area contributed by atoms with Crippen LogP contribution in [0.4, 0.5) is 5.82 Å². The van der Waals surface area contributed by atoms with Crippen molar-refractivity contribution in [3.05, 3.63) is 60.6 Å². The van der Waals surface area contributed by atoms with E-state index in [0.717, 1.165) is 12.0 Å². The van der Waals surface area contributed by atoms with Crippen molar-refractivity contribution in [2.75, 3.05) is 18.5 Å². The van der Waals surface area contributed by atoms with Crippen LogP contribution in [0.3, 0.4) is 0 Å². The molecule has 2 N–H and O–H groups in total. The molecule has 2 aromatic heterocycles. The Morgan fingerprint density at radius 3 is 2.57 bits per heavy atom. The minimum atomic E-state index is -4.00. The third kappa shape index (κ3) is 6.37. The lowest BCUT2D eigenvalue weighted by atomic mass is 10.1. The lowest BCUT2D eigenvalue weighted by Gasteiger charge is -2.21. The number of aryl methyl sites for hydroxylation is 2. The number of carbonyl (C=O) groups is 1. The molecule has 0 saturated carbocycles. The normalized spacial score (nSPS) is 14.4. The third-order valence-electron chi connectivity index (χ3n) is 5.53. The van der Waals surface area contributed by atoms with Crippen LogP contribution in [0, 0.1) is 5.92 Å². The molecule has 0 aliphatic carbocycles. The Hall–Kier alpha value is -3.44. The van der Waals surface area contributed by atoms with E-state index in [2.05, 4.69) is 20.1 Å². The Balaban J connectivity index is 1.41. The number of sulfonamides is 1. The summed E-state index contributed by atoms with van der Waals surface area (Å²) in [6.07, 6.45) is 6.72. The van der Waals surface area contributed by atoms with E-state index in [1.807, 2.05) is 12.1 Å². The van der Waals surface area contributed by atoms with Gasteiger partial charge in [-0.3, -0.25) is 14.5 Å². The number of anilines is 1. The molecule has 1 amide bonds. The van der Waals surface area contributed by atoms with Crippen molar-refractivity contribution in [2.24, 2.45) is 5.92 Å². The van der Waals surface area contributed by atoms with Gasteiger partial charge < -0.3 is 14.8 Å². The zero-order chi connectivity index (χ0) is 24.8. The van der Waals surface area contributed by atoms with Gasteiger partial charge in [-0.25, -0.2) is 8.42 Å². The van der Waals surface area contributed by atoms with Gasteiger partial charge >= 0.3 is 0 Å². The van der Waals surface area contributed by atoms with Crippen molar-refractivity contribution >= 4 is 21.7 Å². The maximum absolute atomic E-state index is 13.1. The Labute approximate surface area is 204 Å². The van der Waals surface area contributed by atoms with E-state index in [1.54, 1.807) is 49.3 Å². The lowest BCUT2D eigenvalue weighted by Crippen LogP contribution is -2.47. The maximum Gasteiger partial charge on any atom is 0.244 e. The van der Waals surface area contributed by atoms with Crippen LogP contribution in [-0.4, -0.2) is 48.3 Å². The van der Waals surface area contributed by atoms with E-state index in [0.29, 0.717) is 43.5 Å². The summed E-state index contributed by atoms with van der Waals surface area (Å²) in [6, 6.07) is 8.98. The van der Waals surface area contributed by atoms with Gasteiger partial charge in [0.05, 0.1) is 18.1 Å². The molecular weight excluding hydrogens is 470 g/mol. The summed E-state index contributed by atoms with van der Waals surface area (Å²) in [5, 5.41) is 7.10. The van der Waals surface area contributed by atoms with Crippen LogP contribution in [0.1, 0.15) is 25.8 Å². The van der Waals surface area contributed by atoms with Crippen molar-refractivity contribution in [1.82, 2.24) is 19.5 Å². The maximum atomic E-state index is 13.1. The predicted molar refractivity (Wildman–Crippen MR) is 130 cm³/mol. The van der Waals surface area contributed by atoms with Crippen molar-refractivity contribution in [1.29, 1.82) is 0 Å². The van der Waals surface area contributed by atoms with E-state index in [4.69, 9.17) is 9.47 Å². The van der Waals surface area contributed by atoms with E-state index in [9.17, 15) is 13.2 Å². The molecule has 1 atom stereocenters. The first-order valence-corrected chi connectivity index (χ1v) is 13.0. The first-order valence-electron chi connectivity index (χ1n) is 11.5. The number of hydrogen-bond acceptors (Lipinski definition) is 7. The Morgan fingerprint density at radius 1 is 1.09 bits per heavy atom. The topological polar surface area (TPSA) is 124 Å². The Morgan fingerprint density at radius 2 is 1.83 bits per heavy atom. The van der Waals surface area contributed by atoms with Crippen molar-refractivity contribution in [3.8, 4) is 11.5 Å².